The maximum atomic E-state index is 13.3. The molecule has 1 aromatic heterocycles. The summed E-state index contributed by atoms with van der Waals surface area (Å²) in [6.45, 7) is -0.136. The molecular formula is C11H9F2N3O. The molecule has 2 rings (SSSR count). The molecule has 0 aliphatic rings. The molecule has 0 aliphatic carbocycles. The van der Waals surface area contributed by atoms with Gasteiger partial charge in [-0.3, -0.25) is 4.79 Å². The van der Waals surface area contributed by atoms with Crippen molar-refractivity contribution in [1.29, 1.82) is 0 Å². The zero-order valence-electron chi connectivity index (χ0n) is 8.73. The van der Waals surface area contributed by atoms with E-state index in [1.165, 1.54) is 12.3 Å². The number of nitrogen functional groups attached to an aromatic ring is 1. The number of anilines is 1. The van der Waals surface area contributed by atoms with Gasteiger partial charge in [0, 0.05) is 11.6 Å². The molecule has 4 nitrogen and oxygen atoms in total. The van der Waals surface area contributed by atoms with Gasteiger partial charge in [-0.05, 0) is 18.2 Å². The number of nitrogens with two attached hydrogens (primary N) is 1. The molecule has 0 spiro atoms. The average molecular weight is 237 g/mol. The van der Waals surface area contributed by atoms with Gasteiger partial charge in [-0.1, -0.05) is 0 Å². The predicted molar refractivity (Wildman–Crippen MR) is 58.4 cm³/mol. The van der Waals surface area contributed by atoms with Crippen LogP contribution in [-0.2, 0) is 6.54 Å². The first-order valence-electron chi connectivity index (χ1n) is 4.83. The van der Waals surface area contributed by atoms with Crippen LogP contribution in [0.2, 0.25) is 0 Å². The minimum atomic E-state index is -0.586. The van der Waals surface area contributed by atoms with Gasteiger partial charge in [0.25, 0.3) is 5.56 Å². The zero-order chi connectivity index (χ0) is 12.4. The number of hydrogen-bond acceptors (Lipinski definition) is 3. The fourth-order valence-electron chi connectivity index (χ4n) is 1.39. The molecule has 0 bridgehead atoms. The van der Waals surface area contributed by atoms with Crippen molar-refractivity contribution in [2.45, 2.75) is 6.54 Å². The van der Waals surface area contributed by atoms with E-state index in [-0.39, 0.29) is 17.8 Å². The molecule has 0 saturated carbocycles. The van der Waals surface area contributed by atoms with E-state index >= 15 is 0 Å². The summed E-state index contributed by atoms with van der Waals surface area (Å²) < 4.78 is 27.3. The summed E-state index contributed by atoms with van der Waals surface area (Å²) in [5.74, 6) is -1.15. The minimum absolute atomic E-state index is 0.0596. The molecule has 0 unspecified atom stereocenters. The lowest BCUT2D eigenvalue weighted by atomic mass is 10.2. The lowest BCUT2D eigenvalue weighted by Gasteiger charge is -2.05. The fraction of sp³-hybridized carbons (Fsp3) is 0.0909. The summed E-state index contributed by atoms with van der Waals surface area (Å²) in [4.78, 5) is 11.4. The van der Waals surface area contributed by atoms with Gasteiger partial charge in [-0.2, -0.15) is 5.10 Å². The minimum Gasteiger partial charge on any atom is -0.397 e. The van der Waals surface area contributed by atoms with Crippen LogP contribution in [-0.4, -0.2) is 9.78 Å². The van der Waals surface area contributed by atoms with E-state index in [4.69, 9.17) is 5.73 Å². The van der Waals surface area contributed by atoms with Crippen LogP contribution in [0, 0.1) is 11.6 Å². The van der Waals surface area contributed by atoms with Crippen LogP contribution in [0.1, 0.15) is 5.56 Å². The van der Waals surface area contributed by atoms with Gasteiger partial charge in [-0.15, -0.1) is 0 Å². The van der Waals surface area contributed by atoms with Gasteiger partial charge >= 0.3 is 0 Å². The van der Waals surface area contributed by atoms with Gasteiger partial charge in [0.15, 0.2) is 0 Å². The van der Waals surface area contributed by atoms with Crippen LogP contribution in [0.25, 0.3) is 0 Å². The first-order chi connectivity index (χ1) is 8.06. The van der Waals surface area contributed by atoms with Gasteiger partial charge in [0.05, 0.1) is 18.4 Å². The molecule has 0 aliphatic heterocycles. The normalized spacial score (nSPS) is 10.5. The molecule has 6 heteroatoms. The number of halogens is 2. The van der Waals surface area contributed by atoms with E-state index in [1.807, 2.05) is 0 Å². The molecule has 0 saturated heterocycles. The molecule has 2 aromatic rings. The summed E-state index contributed by atoms with van der Waals surface area (Å²) >= 11 is 0. The van der Waals surface area contributed by atoms with Gasteiger partial charge in [0.2, 0.25) is 0 Å². The van der Waals surface area contributed by atoms with Crippen molar-refractivity contribution in [2.24, 2.45) is 0 Å². The highest BCUT2D eigenvalue weighted by molar-refractivity contribution is 5.31. The van der Waals surface area contributed by atoms with Crippen molar-refractivity contribution in [3.63, 3.8) is 0 Å². The summed E-state index contributed by atoms with van der Waals surface area (Å²) in [6.07, 6.45) is 1.28. The highest BCUT2D eigenvalue weighted by Gasteiger charge is 2.06. The van der Waals surface area contributed by atoms with Crippen LogP contribution in [0.4, 0.5) is 14.5 Å². The van der Waals surface area contributed by atoms with Crippen molar-refractivity contribution in [3.8, 4) is 0 Å². The van der Waals surface area contributed by atoms with E-state index in [9.17, 15) is 13.6 Å². The topological polar surface area (TPSA) is 60.9 Å². The number of benzene rings is 1. The van der Waals surface area contributed by atoms with Crippen molar-refractivity contribution in [2.75, 3.05) is 5.73 Å². The first kappa shape index (κ1) is 11.3. The van der Waals surface area contributed by atoms with E-state index < -0.39 is 17.2 Å². The molecule has 17 heavy (non-hydrogen) atoms. The first-order valence-corrected chi connectivity index (χ1v) is 4.83. The third-order valence-corrected chi connectivity index (χ3v) is 2.22. The Morgan fingerprint density at radius 3 is 2.76 bits per heavy atom. The molecule has 0 atom stereocenters. The van der Waals surface area contributed by atoms with Crippen LogP contribution < -0.4 is 11.3 Å². The van der Waals surface area contributed by atoms with Crippen LogP contribution in [0.5, 0.6) is 0 Å². The van der Waals surface area contributed by atoms with Crippen LogP contribution in [0.3, 0.4) is 0 Å². The zero-order valence-corrected chi connectivity index (χ0v) is 8.73. The molecular weight excluding hydrogens is 228 g/mol. The summed E-state index contributed by atoms with van der Waals surface area (Å²) in [6, 6.07) is 4.22. The van der Waals surface area contributed by atoms with Gasteiger partial charge < -0.3 is 5.73 Å². The summed E-state index contributed by atoms with van der Waals surface area (Å²) in [5, 5.41) is 3.73. The standard InChI is InChI=1S/C11H9F2N3O/c12-8-1-2-10(13)7(3-8)6-16-11(17)4-9(14)5-15-16/h1-5H,6,14H2. The van der Waals surface area contributed by atoms with Crippen molar-refractivity contribution in [3.05, 3.63) is 58.0 Å². The largest absolute Gasteiger partial charge is 0.397 e. The van der Waals surface area contributed by atoms with Crippen molar-refractivity contribution >= 4 is 5.69 Å². The molecule has 0 amide bonds. The Bertz CT molecular complexity index is 610. The Hall–Kier alpha value is -2.24. The quantitative estimate of drug-likeness (QED) is 0.852. The number of nitrogens with zero attached hydrogens (tertiary/aromatic N) is 2. The van der Waals surface area contributed by atoms with Crippen molar-refractivity contribution in [1.82, 2.24) is 9.78 Å². The average Bonchev–Trinajstić information content (AvgIpc) is 2.27. The molecule has 1 aromatic carbocycles. The Balaban J connectivity index is 2.38. The number of hydrogen-bond donors (Lipinski definition) is 1. The molecule has 1 heterocycles. The second kappa shape index (κ2) is 4.32. The molecule has 0 radical (unpaired) electrons. The fourth-order valence-corrected chi connectivity index (χ4v) is 1.39. The van der Waals surface area contributed by atoms with Gasteiger partial charge in [-0.25, -0.2) is 13.5 Å². The Morgan fingerprint density at radius 1 is 1.29 bits per heavy atom. The van der Waals surface area contributed by atoms with E-state index in [2.05, 4.69) is 5.10 Å². The number of aromatic nitrogens is 2. The molecule has 0 fully saturated rings. The van der Waals surface area contributed by atoms with E-state index in [0.717, 1.165) is 22.9 Å². The van der Waals surface area contributed by atoms with Crippen LogP contribution >= 0.6 is 0 Å². The second-order valence-electron chi connectivity index (χ2n) is 3.52. The monoisotopic (exact) mass is 237 g/mol. The van der Waals surface area contributed by atoms with Crippen LogP contribution in [0.15, 0.2) is 35.3 Å². The SMILES string of the molecule is Nc1cnn(Cc2cc(F)ccc2F)c(=O)c1. The number of rotatable bonds is 2. The van der Waals surface area contributed by atoms with Gasteiger partial charge in [0.1, 0.15) is 11.6 Å². The lowest BCUT2D eigenvalue weighted by molar-refractivity contribution is 0.557. The maximum absolute atomic E-state index is 13.3. The molecule has 2 N–H and O–H groups in total. The second-order valence-corrected chi connectivity index (χ2v) is 3.52. The third-order valence-electron chi connectivity index (χ3n) is 2.22. The Kier molecular flexibility index (Phi) is 2.86. The highest BCUT2D eigenvalue weighted by atomic mass is 19.1. The third kappa shape index (κ3) is 2.47. The Morgan fingerprint density at radius 2 is 2.06 bits per heavy atom. The van der Waals surface area contributed by atoms with Crippen molar-refractivity contribution < 1.29 is 8.78 Å². The molecule has 88 valence electrons. The predicted octanol–water partition coefficient (Wildman–Crippen LogP) is 1.15. The van der Waals surface area contributed by atoms with E-state index in [1.54, 1.807) is 0 Å². The maximum Gasteiger partial charge on any atom is 0.269 e. The summed E-state index contributed by atoms with van der Waals surface area (Å²) in [5.41, 5.74) is 5.19. The highest BCUT2D eigenvalue weighted by Crippen LogP contribution is 2.10. The Labute approximate surface area is 95.3 Å². The summed E-state index contributed by atoms with van der Waals surface area (Å²) in [7, 11) is 0. The van der Waals surface area contributed by atoms with E-state index in [0.29, 0.717) is 0 Å². The lowest BCUT2D eigenvalue weighted by Crippen LogP contribution is -2.23. The smallest absolute Gasteiger partial charge is 0.269 e.